The molecule has 0 amide bonds. The zero-order valence-electron chi connectivity index (χ0n) is 58.2. The molecular formula is C73H116O16. The van der Waals surface area contributed by atoms with Crippen LogP contribution in [0.2, 0.25) is 0 Å². The summed E-state index contributed by atoms with van der Waals surface area (Å²) in [5.74, 6) is -6.71. The standard InChI is InChI=1S/4C17H26O3.C5H12O4/c4*1-15(2,3)13(12-10-8-7-9-11-12)17(20,14(18)19)16(4,5)6;6-1-5(2-7,3-8)4-9/h4*7-11,13,20H,1-6H3,(H,18,19);6-9H,1-4H2. The third kappa shape index (κ3) is 20.2. The first-order valence-corrected chi connectivity index (χ1v) is 30.4. The molecule has 0 heterocycles. The largest absolute Gasteiger partial charge is 0.479 e. The third-order valence-electron chi connectivity index (χ3n) is 16.9. The molecule has 4 aromatic carbocycles. The first kappa shape index (κ1) is 83.4. The molecule has 12 N–H and O–H groups in total. The molecule has 0 aliphatic rings. The van der Waals surface area contributed by atoms with E-state index >= 15 is 0 Å². The van der Waals surface area contributed by atoms with Crippen LogP contribution in [0.1, 0.15) is 212 Å². The minimum absolute atomic E-state index is 0.387. The van der Waals surface area contributed by atoms with Crippen LogP contribution in [0.25, 0.3) is 0 Å². The molecule has 89 heavy (non-hydrogen) atoms. The number of hydrogen-bond donors (Lipinski definition) is 12. The lowest BCUT2D eigenvalue weighted by molar-refractivity contribution is -0.182. The Hall–Kier alpha value is -5.56. The van der Waals surface area contributed by atoms with Crippen LogP contribution in [0, 0.1) is 48.7 Å². The summed E-state index contributed by atoms with van der Waals surface area (Å²) < 4.78 is 0. The smallest absolute Gasteiger partial charge is 0.336 e. The van der Waals surface area contributed by atoms with Crippen molar-refractivity contribution in [3.05, 3.63) is 144 Å². The molecule has 8 unspecified atom stereocenters. The van der Waals surface area contributed by atoms with Crippen molar-refractivity contribution in [3.8, 4) is 0 Å². The van der Waals surface area contributed by atoms with Crippen LogP contribution in [0.5, 0.6) is 0 Å². The maximum absolute atomic E-state index is 11.9. The minimum atomic E-state index is -1.84. The molecule has 0 radical (unpaired) electrons. The van der Waals surface area contributed by atoms with Crippen LogP contribution < -0.4 is 0 Å². The number of hydrogen-bond acceptors (Lipinski definition) is 12. The Balaban J connectivity index is 0.00000111. The van der Waals surface area contributed by atoms with Gasteiger partial charge in [-0.3, -0.25) is 0 Å². The third-order valence-corrected chi connectivity index (χ3v) is 16.9. The number of carboxylic acid groups (broad SMARTS) is 4. The zero-order valence-corrected chi connectivity index (χ0v) is 58.2. The van der Waals surface area contributed by atoms with Gasteiger partial charge in [-0.05, 0) is 43.9 Å². The van der Waals surface area contributed by atoms with E-state index in [1.54, 1.807) is 83.1 Å². The lowest BCUT2D eigenvalue weighted by atomic mass is 9.59. The molecule has 0 spiro atoms. The van der Waals surface area contributed by atoms with Gasteiger partial charge in [0.25, 0.3) is 0 Å². The molecule has 16 nitrogen and oxygen atoms in total. The normalized spacial score (nSPS) is 16.8. The average Bonchev–Trinajstić information content (AvgIpc) is 0.838. The Morgan fingerprint density at radius 2 is 0.393 bits per heavy atom. The first-order chi connectivity index (χ1) is 39.9. The predicted molar refractivity (Wildman–Crippen MR) is 353 cm³/mol. The van der Waals surface area contributed by atoms with Crippen molar-refractivity contribution in [1.29, 1.82) is 0 Å². The molecule has 504 valence electrons. The fourth-order valence-electron chi connectivity index (χ4n) is 11.9. The van der Waals surface area contributed by atoms with E-state index < -0.39 is 123 Å². The molecular weight excluding hydrogens is 1130 g/mol. The number of rotatable bonds is 16. The number of aliphatic carboxylic acids is 4. The van der Waals surface area contributed by atoms with E-state index in [2.05, 4.69) is 0 Å². The molecule has 4 aromatic rings. The van der Waals surface area contributed by atoms with Gasteiger partial charge in [0.05, 0.1) is 31.8 Å². The molecule has 0 fully saturated rings. The summed E-state index contributed by atoms with van der Waals surface area (Å²) in [6, 6.07) is 37.6. The van der Waals surface area contributed by atoms with Gasteiger partial charge in [-0.1, -0.05) is 287 Å². The van der Waals surface area contributed by atoms with Gasteiger partial charge in [0.2, 0.25) is 0 Å². The Kier molecular flexibility index (Phi) is 29.2. The number of aliphatic hydroxyl groups excluding tert-OH is 4. The van der Waals surface area contributed by atoms with Gasteiger partial charge in [-0.15, -0.1) is 0 Å². The fraction of sp³-hybridized carbons (Fsp3) is 0.616. The van der Waals surface area contributed by atoms with Crippen LogP contribution in [-0.4, -0.2) is 134 Å². The number of aliphatic hydroxyl groups is 8. The van der Waals surface area contributed by atoms with Gasteiger partial charge in [0.15, 0.2) is 22.4 Å². The summed E-state index contributed by atoms with van der Waals surface area (Å²) in [5.41, 5.74) is -9.77. The highest BCUT2D eigenvalue weighted by molar-refractivity contribution is 5.82. The van der Waals surface area contributed by atoms with Gasteiger partial charge < -0.3 is 61.3 Å². The highest BCUT2D eigenvalue weighted by atomic mass is 16.4. The lowest BCUT2D eigenvalue weighted by Crippen LogP contribution is -2.57. The topological polar surface area (TPSA) is 311 Å². The summed E-state index contributed by atoms with van der Waals surface area (Å²) >= 11 is 0. The Labute approximate surface area is 533 Å². The summed E-state index contributed by atoms with van der Waals surface area (Å²) in [4.78, 5) is 47.5. The van der Waals surface area contributed by atoms with Gasteiger partial charge in [-0.25, -0.2) is 19.2 Å². The summed E-state index contributed by atoms with van der Waals surface area (Å²) in [6.45, 7) is 43.1. The Morgan fingerprint density at radius 3 is 0.461 bits per heavy atom. The second-order valence-corrected chi connectivity index (χ2v) is 32.3. The molecule has 0 aliphatic heterocycles. The fourth-order valence-corrected chi connectivity index (χ4v) is 11.9. The second-order valence-electron chi connectivity index (χ2n) is 32.3. The predicted octanol–water partition coefficient (Wildman–Crippen LogP) is 12.7. The van der Waals surface area contributed by atoms with Crippen LogP contribution in [0.4, 0.5) is 0 Å². The number of carbonyl (C=O) groups is 4. The maximum atomic E-state index is 11.9. The van der Waals surface area contributed by atoms with Gasteiger partial charge in [0.1, 0.15) is 0 Å². The van der Waals surface area contributed by atoms with Crippen molar-refractivity contribution < 1.29 is 80.5 Å². The maximum Gasteiger partial charge on any atom is 0.336 e. The molecule has 16 heteroatoms. The highest BCUT2D eigenvalue weighted by Crippen LogP contribution is 2.54. The summed E-state index contributed by atoms with van der Waals surface area (Å²) in [7, 11) is 0. The highest BCUT2D eigenvalue weighted by Gasteiger charge is 2.60. The van der Waals surface area contributed by atoms with Crippen molar-refractivity contribution in [2.24, 2.45) is 48.7 Å². The second kappa shape index (κ2) is 31.2. The van der Waals surface area contributed by atoms with E-state index in [0.717, 1.165) is 22.3 Å². The van der Waals surface area contributed by atoms with E-state index in [0.29, 0.717) is 0 Å². The van der Waals surface area contributed by atoms with Gasteiger partial charge >= 0.3 is 23.9 Å². The molecule has 0 saturated carbocycles. The van der Waals surface area contributed by atoms with E-state index in [1.165, 1.54) is 0 Å². The van der Waals surface area contributed by atoms with Crippen LogP contribution in [0.3, 0.4) is 0 Å². The van der Waals surface area contributed by atoms with Crippen molar-refractivity contribution in [1.82, 2.24) is 0 Å². The van der Waals surface area contributed by atoms with Gasteiger partial charge in [0, 0.05) is 45.3 Å². The van der Waals surface area contributed by atoms with Crippen LogP contribution in [0.15, 0.2) is 121 Å². The Morgan fingerprint density at radius 1 is 0.270 bits per heavy atom. The molecule has 0 aromatic heterocycles. The monoisotopic (exact) mass is 1250 g/mol. The van der Waals surface area contributed by atoms with Crippen LogP contribution in [-0.2, 0) is 19.2 Å². The van der Waals surface area contributed by atoms with Crippen molar-refractivity contribution in [2.75, 3.05) is 26.4 Å². The Bertz CT molecular complexity index is 2400. The molecule has 4 rings (SSSR count). The van der Waals surface area contributed by atoms with Crippen molar-refractivity contribution in [2.45, 2.75) is 212 Å². The molecule has 0 bridgehead atoms. The molecule has 0 aliphatic carbocycles. The lowest BCUT2D eigenvalue weighted by Gasteiger charge is -2.48. The van der Waals surface area contributed by atoms with E-state index in [9.17, 15) is 60.0 Å². The van der Waals surface area contributed by atoms with E-state index in [4.69, 9.17) is 20.4 Å². The number of carboxylic acids is 4. The molecule has 0 saturated heterocycles. The number of benzene rings is 4. The average molecular weight is 1250 g/mol. The quantitative estimate of drug-likeness (QED) is 0.0496. The molecule has 8 atom stereocenters. The van der Waals surface area contributed by atoms with Crippen molar-refractivity contribution >= 4 is 23.9 Å². The first-order valence-electron chi connectivity index (χ1n) is 30.4. The SMILES string of the molecule is CC(C)(C)C(c1ccccc1)C(O)(C(=O)O)C(C)(C)C.CC(C)(C)C(c1ccccc1)C(O)(C(=O)O)C(C)(C)C.CC(C)(C)C(c1ccccc1)C(O)(C(=O)O)C(C)(C)C.CC(C)(C)C(c1ccccc1)C(O)(C(=O)O)C(C)(C)C.OCC(CO)(CO)CO. The summed E-state index contributed by atoms with van der Waals surface area (Å²) in [5, 5.41) is 117. The van der Waals surface area contributed by atoms with E-state index in [1.807, 2.05) is 204 Å². The zero-order chi connectivity index (χ0) is 70.4. The summed E-state index contributed by atoms with van der Waals surface area (Å²) in [6.07, 6.45) is 0. The van der Waals surface area contributed by atoms with Crippen LogP contribution >= 0.6 is 0 Å². The van der Waals surface area contributed by atoms with E-state index in [-0.39, 0.29) is 21.7 Å². The minimum Gasteiger partial charge on any atom is -0.479 e. The van der Waals surface area contributed by atoms with Gasteiger partial charge in [-0.2, -0.15) is 0 Å². The van der Waals surface area contributed by atoms with Crippen molar-refractivity contribution in [3.63, 3.8) is 0 Å².